The molecule has 14 heavy (non-hydrogen) atoms. The van der Waals surface area contributed by atoms with E-state index in [1.165, 1.54) is 0 Å². The standard InChI is InChI=1S/C9H13N3O2/c1-6-2-3-7(9(10)13)4-8(6)14-5-12-11/h2-4,12H,5,11H2,1H3,(H2,10,13). The van der Waals surface area contributed by atoms with Crippen LogP contribution in [0.3, 0.4) is 0 Å². The maximum atomic E-state index is 10.9. The smallest absolute Gasteiger partial charge is 0.248 e. The van der Waals surface area contributed by atoms with Gasteiger partial charge in [0.25, 0.3) is 0 Å². The molecule has 0 spiro atoms. The molecule has 0 aliphatic heterocycles. The van der Waals surface area contributed by atoms with E-state index in [-0.39, 0.29) is 6.73 Å². The molecule has 0 atom stereocenters. The number of hydrazine groups is 1. The van der Waals surface area contributed by atoms with Crippen LogP contribution in [-0.4, -0.2) is 12.6 Å². The Morgan fingerprint density at radius 2 is 2.29 bits per heavy atom. The molecule has 0 aliphatic rings. The van der Waals surface area contributed by atoms with E-state index in [2.05, 4.69) is 5.43 Å². The Morgan fingerprint density at radius 1 is 1.57 bits per heavy atom. The SMILES string of the molecule is Cc1ccc(C(N)=O)cc1OCNN. The van der Waals surface area contributed by atoms with E-state index in [9.17, 15) is 4.79 Å². The fourth-order valence-corrected chi connectivity index (χ4v) is 1.03. The van der Waals surface area contributed by atoms with Crippen LogP contribution < -0.4 is 21.7 Å². The van der Waals surface area contributed by atoms with Crippen molar-refractivity contribution in [2.45, 2.75) is 6.92 Å². The number of nitrogens with one attached hydrogen (secondary N) is 1. The van der Waals surface area contributed by atoms with Crippen molar-refractivity contribution in [1.29, 1.82) is 0 Å². The molecule has 0 bridgehead atoms. The molecule has 0 heterocycles. The fraction of sp³-hybridized carbons (Fsp3) is 0.222. The summed E-state index contributed by atoms with van der Waals surface area (Å²) in [5.41, 5.74) is 8.82. The van der Waals surface area contributed by atoms with Crippen molar-refractivity contribution >= 4 is 5.91 Å². The van der Waals surface area contributed by atoms with Crippen LogP contribution >= 0.6 is 0 Å². The van der Waals surface area contributed by atoms with Crippen LogP contribution in [-0.2, 0) is 0 Å². The Morgan fingerprint density at radius 3 is 2.86 bits per heavy atom. The topological polar surface area (TPSA) is 90.4 Å². The second kappa shape index (κ2) is 4.59. The van der Waals surface area contributed by atoms with E-state index < -0.39 is 5.91 Å². The van der Waals surface area contributed by atoms with Gasteiger partial charge >= 0.3 is 0 Å². The summed E-state index contributed by atoms with van der Waals surface area (Å²) in [7, 11) is 0. The van der Waals surface area contributed by atoms with Gasteiger partial charge in [-0.15, -0.1) is 0 Å². The van der Waals surface area contributed by atoms with Crippen LogP contribution in [0.25, 0.3) is 0 Å². The highest BCUT2D eigenvalue weighted by molar-refractivity contribution is 5.93. The minimum Gasteiger partial charge on any atom is -0.477 e. The Kier molecular flexibility index (Phi) is 3.44. The van der Waals surface area contributed by atoms with Crippen LogP contribution in [0.2, 0.25) is 0 Å². The number of aryl methyl sites for hydroxylation is 1. The Labute approximate surface area is 82.0 Å². The average Bonchev–Trinajstić information content (AvgIpc) is 2.16. The molecule has 0 fully saturated rings. The van der Waals surface area contributed by atoms with Crippen molar-refractivity contribution in [1.82, 2.24) is 5.43 Å². The number of hydrogen-bond donors (Lipinski definition) is 3. The number of carbonyl (C=O) groups excluding carboxylic acids is 1. The zero-order valence-electron chi connectivity index (χ0n) is 7.91. The summed E-state index contributed by atoms with van der Waals surface area (Å²) in [4.78, 5) is 10.9. The summed E-state index contributed by atoms with van der Waals surface area (Å²) in [5, 5.41) is 0. The van der Waals surface area contributed by atoms with E-state index in [0.29, 0.717) is 11.3 Å². The monoisotopic (exact) mass is 195 g/mol. The van der Waals surface area contributed by atoms with Gasteiger partial charge in [0.2, 0.25) is 5.91 Å². The number of ether oxygens (including phenoxy) is 1. The number of nitrogens with two attached hydrogens (primary N) is 2. The molecule has 1 amide bonds. The highest BCUT2D eigenvalue weighted by atomic mass is 16.5. The van der Waals surface area contributed by atoms with Gasteiger partial charge in [0.1, 0.15) is 5.75 Å². The molecule has 5 nitrogen and oxygen atoms in total. The van der Waals surface area contributed by atoms with Gasteiger partial charge in [-0.2, -0.15) is 0 Å². The van der Waals surface area contributed by atoms with Crippen molar-refractivity contribution in [3.05, 3.63) is 29.3 Å². The lowest BCUT2D eigenvalue weighted by atomic mass is 10.1. The number of primary amides is 1. The second-order valence-electron chi connectivity index (χ2n) is 2.84. The number of benzene rings is 1. The molecule has 0 radical (unpaired) electrons. The normalized spacial score (nSPS) is 9.86. The Bertz CT molecular complexity index is 339. The summed E-state index contributed by atoms with van der Waals surface area (Å²) in [5.74, 6) is 5.18. The predicted octanol–water partition coefficient (Wildman–Crippen LogP) is -0.106. The maximum absolute atomic E-state index is 10.9. The maximum Gasteiger partial charge on any atom is 0.248 e. The lowest BCUT2D eigenvalue weighted by Crippen LogP contribution is -2.27. The van der Waals surface area contributed by atoms with Gasteiger partial charge in [-0.25, -0.2) is 5.43 Å². The molecule has 1 aromatic rings. The van der Waals surface area contributed by atoms with Gasteiger partial charge in [0, 0.05) is 5.56 Å². The van der Waals surface area contributed by atoms with Crippen LogP contribution in [0.1, 0.15) is 15.9 Å². The third-order valence-electron chi connectivity index (χ3n) is 1.78. The van der Waals surface area contributed by atoms with Gasteiger partial charge in [-0.05, 0) is 24.6 Å². The zero-order chi connectivity index (χ0) is 10.6. The molecule has 0 aliphatic carbocycles. The van der Waals surface area contributed by atoms with E-state index in [1.54, 1.807) is 18.2 Å². The largest absolute Gasteiger partial charge is 0.477 e. The average molecular weight is 195 g/mol. The molecule has 76 valence electrons. The number of amides is 1. The molecule has 0 unspecified atom stereocenters. The molecule has 5 N–H and O–H groups in total. The van der Waals surface area contributed by atoms with Crippen molar-refractivity contribution in [2.24, 2.45) is 11.6 Å². The summed E-state index contributed by atoms with van der Waals surface area (Å²) in [6.07, 6.45) is 0. The van der Waals surface area contributed by atoms with E-state index in [1.807, 2.05) is 6.92 Å². The third kappa shape index (κ3) is 2.45. The fourth-order valence-electron chi connectivity index (χ4n) is 1.03. The molecule has 0 saturated carbocycles. The lowest BCUT2D eigenvalue weighted by Gasteiger charge is -2.08. The van der Waals surface area contributed by atoms with Crippen molar-refractivity contribution in [2.75, 3.05) is 6.73 Å². The minimum absolute atomic E-state index is 0.184. The minimum atomic E-state index is -0.476. The summed E-state index contributed by atoms with van der Waals surface area (Å²) in [6, 6.07) is 5.02. The van der Waals surface area contributed by atoms with Crippen molar-refractivity contribution in [3.8, 4) is 5.75 Å². The van der Waals surface area contributed by atoms with Crippen molar-refractivity contribution in [3.63, 3.8) is 0 Å². The van der Waals surface area contributed by atoms with Gasteiger partial charge in [-0.3, -0.25) is 10.6 Å². The van der Waals surface area contributed by atoms with Gasteiger partial charge in [0.05, 0.1) is 0 Å². The molecule has 0 aromatic heterocycles. The van der Waals surface area contributed by atoms with E-state index in [0.717, 1.165) is 5.56 Å². The molecular formula is C9H13N3O2. The third-order valence-corrected chi connectivity index (χ3v) is 1.78. The van der Waals surface area contributed by atoms with E-state index >= 15 is 0 Å². The molecule has 1 rings (SSSR count). The highest BCUT2D eigenvalue weighted by Gasteiger charge is 2.04. The summed E-state index contributed by atoms with van der Waals surface area (Å²) >= 11 is 0. The lowest BCUT2D eigenvalue weighted by molar-refractivity contribution is 0.1000. The Balaban J connectivity index is 2.90. The number of carbonyl (C=O) groups is 1. The first-order chi connectivity index (χ1) is 6.65. The summed E-state index contributed by atoms with van der Waals surface area (Å²) in [6.45, 7) is 2.06. The molecule has 5 heteroatoms. The molecular weight excluding hydrogens is 182 g/mol. The summed E-state index contributed by atoms with van der Waals surface area (Å²) < 4.78 is 5.23. The van der Waals surface area contributed by atoms with Crippen LogP contribution in [0.4, 0.5) is 0 Å². The molecule has 0 saturated heterocycles. The number of hydrogen-bond acceptors (Lipinski definition) is 4. The van der Waals surface area contributed by atoms with Gasteiger partial charge in [-0.1, -0.05) is 6.07 Å². The highest BCUT2D eigenvalue weighted by Crippen LogP contribution is 2.18. The quantitative estimate of drug-likeness (QED) is 0.355. The second-order valence-corrected chi connectivity index (χ2v) is 2.84. The molecule has 1 aromatic carbocycles. The first-order valence-electron chi connectivity index (χ1n) is 4.12. The van der Waals surface area contributed by atoms with Crippen LogP contribution in [0.15, 0.2) is 18.2 Å². The van der Waals surface area contributed by atoms with Crippen LogP contribution in [0.5, 0.6) is 5.75 Å². The predicted molar refractivity (Wildman–Crippen MR) is 52.5 cm³/mol. The first-order valence-corrected chi connectivity index (χ1v) is 4.12. The number of rotatable bonds is 4. The van der Waals surface area contributed by atoms with Crippen molar-refractivity contribution < 1.29 is 9.53 Å². The van der Waals surface area contributed by atoms with Crippen LogP contribution in [0, 0.1) is 6.92 Å². The zero-order valence-corrected chi connectivity index (χ0v) is 7.91. The van der Waals surface area contributed by atoms with E-state index in [4.69, 9.17) is 16.3 Å². The van der Waals surface area contributed by atoms with Gasteiger partial charge < -0.3 is 10.5 Å². The first kappa shape index (κ1) is 10.5. The van der Waals surface area contributed by atoms with Gasteiger partial charge in [0.15, 0.2) is 6.73 Å². The Hall–Kier alpha value is -1.59.